The van der Waals surface area contributed by atoms with Crippen LogP contribution in [0, 0.1) is 0 Å². The Hall–Kier alpha value is -1.10. The summed E-state index contributed by atoms with van der Waals surface area (Å²) >= 11 is 1.71. The van der Waals surface area contributed by atoms with Gasteiger partial charge in [-0.3, -0.25) is 4.90 Å². The van der Waals surface area contributed by atoms with Gasteiger partial charge in [-0.1, -0.05) is 0 Å². The Balaban J connectivity index is 1.89. The lowest BCUT2D eigenvalue weighted by Gasteiger charge is -2.13. The van der Waals surface area contributed by atoms with Gasteiger partial charge < -0.3 is 9.52 Å². The molecule has 0 aliphatic rings. The fourth-order valence-corrected chi connectivity index (χ4v) is 2.27. The SMILES string of the molecule is CN(Cc1ccsc1)Cc1ccc(CO)o1. The van der Waals surface area contributed by atoms with Gasteiger partial charge in [0.05, 0.1) is 6.54 Å². The van der Waals surface area contributed by atoms with Gasteiger partial charge in [0, 0.05) is 6.54 Å². The lowest BCUT2D eigenvalue weighted by Crippen LogP contribution is -2.16. The number of hydrogen-bond donors (Lipinski definition) is 1. The van der Waals surface area contributed by atoms with Gasteiger partial charge in [-0.15, -0.1) is 0 Å². The van der Waals surface area contributed by atoms with Crippen molar-refractivity contribution in [3.05, 3.63) is 46.0 Å². The maximum atomic E-state index is 8.89. The molecule has 0 unspecified atom stereocenters. The van der Waals surface area contributed by atoms with Crippen molar-refractivity contribution < 1.29 is 9.52 Å². The van der Waals surface area contributed by atoms with E-state index < -0.39 is 0 Å². The molecule has 0 atom stereocenters. The first-order chi connectivity index (χ1) is 7.78. The molecule has 0 aromatic carbocycles. The monoisotopic (exact) mass is 237 g/mol. The summed E-state index contributed by atoms with van der Waals surface area (Å²) in [6.45, 7) is 1.64. The van der Waals surface area contributed by atoms with Crippen LogP contribution >= 0.6 is 11.3 Å². The molecule has 2 heterocycles. The highest BCUT2D eigenvalue weighted by Crippen LogP contribution is 2.13. The topological polar surface area (TPSA) is 36.6 Å². The van der Waals surface area contributed by atoms with Crippen LogP contribution in [-0.4, -0.2) is 17.1 Å². The molecule has 2 aromatic heterocycles. The van der Waals surface area contributed by atoms with E-state index in [0.29, 0.717) is 5.76 Å². The molecule has 0 fully saturated rings. The van der Waals surface area contributed by atoms with Gasteiger partial charge in [0.15, 0.2) is 0 Å². The molecule has 0 saturated carbocycles. The predicted molar refractivity (Wildman–Crippen MR) is 64.1 cm³/mol. The maximum Gasteiger partial charge on any atom is 0.129 e. The van der Waals surface area contributed by atoms with Crippen molar-refractivity contribution in [2.24, 2.45) is 0 Å². The standard InChI is InChI=1S/C12H15NO2S/c1-13(6-10-4-5-16-9-10)7-11-2-3-12(8-14)15-11/h2-5,9,14H,6-8H2,1H3. The van der Waals surface area contributed by atoms with Crippen LogP contribution in [0.25, 0.3) is 0 Å². The molecule has 4 heteroatoms. The fraction of sp³-hybridized carbons (Fsp3) is 0.333. The second-order valence-electron chi connectivity index (χ2n) is 3.83. The summed E-state index contributed by atoms with van der Waals surface area (Å²) in [6.07, 6.45) is 0. The van der Waals surface area contributed by atoms with E-state index in [1.807, 2.05) is 12.1 Å². The zero-order valence-corrected chi connectivity index (χ0v) is 10.0. The molecular weight excluding hydrogens is 222 g/mol. The quantitative estimate of drug-likeness (QED) is 0.868. The van der Waals surface area contributed by atoms with E-state index in [1.54, 1.807) is 11.3 Å². The van der Waals surface area contributed by atoms with Crippen LogP contribution in [0.15, 0.2) is 33.4 Å². The van der Waals surface area contributed by atoms with Gasteiger partial charge in [-0.2, -0.15) is 11.3 Å². The summed E-state index contributed by atoms with van der Waals surface area (Å²) in [6, 6.07) is 5.85. The van der Waals surface area contributed by atoms with Crippen LogP contribution in [0.5, 0.6) is 0 Å². The molecule has 0 spiro atoms. The first kappa shape index (κ1) is 11.4. The van der Waals surface area contributed by atoms with E-state index in [9.17, 15) is 0 Å². The van der Waals surface area contributed by atoms with Crippen LogP contribution < -0.4 is 0 Å². The first-order valence-corrected chi connectivity index (χ1v) is 6.10. The van der Waals surface area contributed by atoms with Crippen LogP contribution in [0.2, 0.25) is 0 Å². The summed E-state index contributed by atoms with van der Waals surface area (Å²) in [5, 5.41) is 13.1. The van der Waals surface area contributed by atoms with Crippen LogP contribution in [0.3, 0.4) is 0 Å². The zero-order valence-electron chi connectivity index (χ0n) is 9.22. The molecule has 1 N–H and O–H groups in total. The van der Waals surface area contributed by atoms with Crippen molar-refractivity contribution >= 4 is 11.3 Å². The number of rotatable bonds is 5. The Kier molecular flexibility index (Phi) is 3.77. The zero-order chi connectivity index (χ0) is 11.4. The summed E-state index contributed by atoms with van der Waals surface area (Å²) < 4.78 is 5.43. The number of furan rings is 1. The summed E-state index contributed by atoms with van der Waals surface area (Å²) in [4.78, 5) is 2.18. The van der Waals surface area contributed by atoms with Crippen molar-refractivity contribution in [3.63, 3.8) is 0 Å². The summed E-state index contributed by atoms with van der Waals surface area (Å²) in [5.41, 5.74) is 1.32. The van der Waals surface area contributed by atoms with E-state index in [0.717, 1.165) is 18.8 Å². The Bertz CT molecular complexity index is 422. The lowest BCUT2D eigenvalue weighted by molar-refractivity contribution is 0.231. The van der Waals surface area contributed by atoms with E-state index in [1.165, 1.54) is 5.56 Å². The normalized spacial score (nSPS) is 11.2. The molecule has 16 heavy (non-hydrogen) atoms. The van der Waals surface area contributed by atoms with Gasteiger partial charge in [0.1, 0.15) is 18.1 Å². The van der Waals surface area contributed by atoms with Crippen LogP contribution in [0.1, 0.15) is 17.1 Å². The van der Waals surface area contributed by atoms with Crippen molar-refractivity contribution in [2.45, 2.75) is 19.7 Å². The molecular formula is C12H15NO2S. The number of hydrogen-bond acceptors (Lipinski definition) is 4. The average molecular weight is 237 g/mol. The molecule has 2 aromatic rings. The molecule has 0 aliphatic carbocycles. The minimum absolute atomic E-state index is 0.0335. The first-order valence-electron chi connectivity index (χ1n) is 5.16. The van der Waals surface area contributed by atoms with Gasteiger partial charge in [-0.05, 0) is 41.6 Å². The number of nitrogens with zero attached hydrogens (tertiary/aromatic N) is 1. The molecule has 0 amide bonds. The minimum Gasteiger partial charge on any atom is -0.462 e. The van der Waals surface area contributed by atoms with Crippen LogP contribution in [-0.2, 0) is 19.7 Å². The number of aliphatic hydroxyl groups excluding tert-OH is 1. The highest BCUT2D eigenvalue weighted by Gasteiger charge is 2.05. The summed E-state index contributed by atoms with van der Waals surface area (Å²) in [7, 11) is 2.05. The van der Waals surface area contributed by atoms with Gasteiger partial charge in [0.2, 0.25) is 0 Å². The van der Waals surface area contributed by atoms with Gasteiger partial charge >= 0.3 is 0 Å². The largest absolute Gasteiger partial charge is 0.462 e. The second kappa shape index (κ2) is 5.30. The van der Waals surface area contributed by atoms with E-state index >= 15 is 0 Å². The molecule has 2 rings (SSSR count). The van der Waals surface area contributed by atoms with Crippen molar-refractivity contribution in [2.75, 3.05) is 7.05 Å². The number of thiophene rings is 1. The second-order valence-corrected chi connectivity index (χ2v) is 4.61. The molecule has 0 saturated heterocycles. The Morgan fingerprint density at radius 3 is 2.69 bits per heavy atom. The smallest absolute Gasteiger partial charge is 0.129 e. The molecule has 0 aliphatic heterocycles. The van der Waals surface area contributed by atoms with Crippen molar-refractivity contribution in [1.82, 2.24) is 4.90 Å². The predicted octanol–water partition coefficient (Wildman–Crippen LogP) is 2.47. The number of aliphatic hydroxyl groups is 1. The Morgan fingerprint density at radius 1 is 1.25 bits per heavy atom. The fourth-order valence-electron chi connectivity index (χ4n) is 1.61. The Morgan fingerprint density at radius 2 is 2.06 bits per heavy atom. The molecule has 86 valence electrons. The highest BCUT2D eigenvalue weighted by molar-refractivity contribution is 7.07. The van der Waals surface area contributed by atoms with Crippen molar-refractivity contribution in [3.8, 4) is 0 Å². The van der Waals surface area contributed by atoms with Gasteiger partial charge in [-0.25, -0.2) is 0 Å². The third-order valence-electron chi connectivity index (χ3n) is 2.33. The molecule has 0 bridgehead atoms. The minimum atomic E-state index is -0.0335. The maximum absolute atomic E-state index is 8.89. The summed E-state index contributed by atoms with van der Waals surface area (Å²) in [5.74, 6) is 1.51. The van der Waals surface area contributed by atoms with E-state index in [4.69, 9.17) is 9.52 Å². The molecule has 3 nitrogen and oxygen atoms in total. The average Bonchev–Trinajstić information content (AvgIpc) is 2.89. The third-order valence-corrected chi connectivity index (χ3v) is 3.06. The lowest BCUT2D eigenvalue weighted by atomic mass is 10.3. The van der Waals surface area contributed by atoms with Crippen molar-refractivity contribution in [1.29, 1.82) is 0 Å². The Labute approximate surface area is 98.9 Å². The van der Waals surface area contributed by atoms with E-state index in [2.05, 4.69) is 28.8 Å². The van der Waals surface area contributed by atoms with Gasteiger partial charge in [0.25, 0.3) is 0 Å². The van der Waals surface area contributed by atoms with Crippen LogP contribution in [0.4, 0.5) is 0 Å². The highest BCUT2D eigenvalue weighted by atomic mass is 32.1. The molecule has 0 radical (unpaired) electrons. The van der Waals surface area contributed by atoms with E-state index in [-0.39, 0.29) is 6.61 Å². The third kappa shape index (κ3) is 2.95.